The second kappa shape index (κ2) is 5.53. The lowest BCUT2D eigenvalue weighted by Gasteiger charge is -2.13. The highest BCUT2D eigenvalue weighted by Gasteiger charge is 2.32. The van der Waals surface area contributed by atoms with Crippen LogP contribution in [-0.4, -0.2) is 38.8 Å². The summed E-state index contributed by atoms with van der Waals surface area (Å²) in [5.41, 5.74) is 0.357. The van der Waals surface area contributed by atoms with Gasteiger partial charge in [0.25, 0.3) is 0 Å². The molecule has 1 amide bonds. The predicted molar refractivity (Wildman–Crippen MR) is 68.0 cm³/mol. The Morgan fingerprint density at radius 3 is 2.40 bits per heavy atom. The number of alkyl halides is 3. The molecule has 1 aliphatic rings. The highest BCUT2D eigenvalue weighted by Crippen LogP contribution is 2.25. The normalized spacial score (nSPS) is 19.5. The minimum atomic E-state index is -4.64. The number of cyclic esters (lactones) is 1. The number of hydrogen-bond donors (Lipinski definition) is 0. The third kappa shape index (κ3) is 2.71. The number of rotatable bonds is 4. The Labute approximate surface area is 119 Å². The molecule has 0 saturated carbocycles. The number of carbonyl (C=O) groups is 1. The molecule has 9 heteroatoms. The van der Waals surface area contributed by atoms with E-state index in [0.717, 1.165) is 12.1 Å². The van der Waals surface area contributed by atoms with E-state index in [1.807, 2.05) is 0 Å². The van der Waals surface area contributed by atoms with E-state index in [1.165, 1.54) is 17.0 Å². The fraction of sp³-hybridized carbons (Fsp3) is 0.364. The summed E-state index contributed by atoms with van der Waals surface area (Å²) in [5.74, 6) is -3.34. The van der Waals surface area contributed by atoms with Gasteiger partial charge in [-0.2, -0.15) is 8.78 Å². The van der Waals surface area contributed by atoms with Crippen molar-refractivity contribution in [3.05, 3.63) is 24.3 Å². The Morgan fingerprint density at radius 1 is 1.35 bits per heavy atom. The third-order valence-electron chi connectivity index (χ3n) is 2.76. The molecule has 5 nitrogen and oxygen atoms in total. The lowest BCUT2D eigenvalue weighted by Crippen LogP contribution is -2.24. The molecule has 1 atom stereocenters. The quantitative estimate of drug-likeness (QED) is 0.796. The van der Waals surface area contributed by atoms with Gasteiger partial charge in [0.1, 0.15) is 6.10 Å². The molecule has 1 aromatic carbocycles. The van der Waals surface area contributed by atoms with E-state index in [0.29, 0.717) is 5.69 Å². The van der Waals surface area contributed by atoms with Gasteiger partial charge in [-0.1, -0.05) is 0 Å². The van der Waals surface area contributed by atoms with Crippen LogP contribution in [0.4, 0.5) is 19.3 Å². The molecular weight excluding hydrogens is 316 g/mol. The van der Waals surface area contributed by atoms with E-state index in [4.69, 9.17) is 16.3 Å². The Morgan fingerprint density at radius 2 is 1.95 bits per heavy atom. The summed E-state index contributed by atoms with van der Waals surface area (Å²) < 4.78 is 52.2. The SMILES string of the molecule is O=C1OC(CCl)CN1c1ccc(S(=O)(=O)C(F)F)cc1. The summed E-state index contributed by atoms with van der Waals surface area (Å²) in [4.78, 5) is 12.3. The molecule has 1 unspecified atom stereocenters. The van der Waals surface area contributed by atoms with Crippen LogP contribution >= 0.6 is 11.6 Å². The minimum Gasteiger partial charge on any atom is -0.443 e. The number of carbonyl (C=O) groups excluding carboxylic acids is 1. The number of nitrogens with zero attached hydrogens (tertiary/aromatic N) is 1. The highest BCUT2D eigenvalue weighted by atomic mass is 35.5. The molecule has 0 bridgehead atoms. The van der Waals surface area contributed by atoms with Crippen LogP contribution in [0.2, 0.25) is 0 Å². The van der Waals surface area contributed by atoms with E-state index in [-0.39, 0.29) is 12.4 Å². The van der Waals surface area contributed by atoms with Gasteiger partial charge in [0, 0.05) is 5.69 Å². The first-order chi connectivity index (χ1) is 9.36. The van der Waals surface area contributed by atoms with Crippen molar-refractivity contribution in [3.8, 4) is 0 Å². The van der Waals surface area contributed by atoms with Gasteiger partial charge in [-0.3, -0.25) is 4.90 Å². The molecule has 0 aromatic heterocycles. The number of ether oxygens (including phenoxy) is 1. The maximum Gasteiger partial charge on any atom is 0.414 e. The summed E-state index contributed by atoms with van der Waals surface area (Å²) in [6.07, 6.45) is -1.06. The van der Waals surface area contributed by atoms with Crippen molar-refractivity contribution in [2.75, 3.05) is 17.3 Å². The fourth-order valence-corrected chi connectivity index (χ4v) is 2.61. The molecule has 1 aromatic rings. The number of amides is 1. The summed E-state index contributed by atoms with van der Waals surface area (Å²) in [5, 5.41) is 0. The summed E-state index contributed by atoms with van der Waals surface area (Å²) in [7, 11) is -4.64. The van der Waals surface area contributed by atoms with Crippen LogP contribution in [0.25, 0.3) is 0 Å². The second-order valence-electron chi connectivity index (χ2n) is 4.07. The Bertz CT molecular complexity index is 605. The van der Waals surface area contributed by atoms with E-state index < -0.39 is 32.7 Å². The molecule has 1 saturated heterocycles. The molecule has 20 heavy (non-hydrogen) atoms. The smallest absolute Gasteiger partial charge is 0.414 e. The van der Waals surface area contributed by atoms with Crippen molar-refractivity contribution < 1.29 is 26.7 Å². The highest BCUT2D eigenvalue weighted by molar-refractivity contribution is 7.91. The van der Waals surface area contributed by atoms with Crippen LogP contribution in [0.5, 0.6) is 0 Å². The lowest BCUT2D eigenvalue weighted by atomic mass is 10.3. The van der Waals surface area contributed by atoms with Crippen molar-refractivity contribution in [1.82, 2.24) is 0 Å². The lowest BCUT2D eigenvalue weighted by molar-refractivity contribution is 0.151. The third-order valence-corrected chi connectivity index (χ3v) is 4.50. The Balaban J connectivity index is 2.24. The predicted octanol–water partition coefficient (Wildman–Crippen LogP) is 2.25. The number of anilines is 1. The molecule has 0 aliphatic carbocycles. The van der Waals surface area contributed by atoms with Gasteiger partial charge in [-0.05, 0) is 24.3 Å². The van der Waals surface area contributed by atoms with E-state index in [2.05, 4.69) is 0 Å². The molecule has 110 valence electrons. The molecule has 1 fully saturated rings. The summed E-state index contributed by atoms with van der Waals surface area (Å²) in [6.45, 7) is 0.225. The van der Waals surface area contributed by atoms with Crippen LogP contribution < -0.4 is 4.90 Å². The number of halogens is 3. The summed E-state index contributed by atoms with van der Waals surface area (Å²) >= 11 is 5.58. The Hall–Kier alpha value is -1.41. The number of sulfone groups is 1. The Kier molecular flexibility index (Phi) is 4.14. The fourth-order valence-electron chi connectivity index (χ4n) is 1.73. The maximum atomic E-state index is 12.4. The van der Waals surface area contributed by atoms with Gasteiger partial charge in [0.15, 0.2) is 0 Å². The van der Waals surface area contributed by atoms with E-state index in [1.54, 1.807) is 0 Å². The van der Waals surface area contributed by atoms with Crippen molar-refractivity contribution in [1.29, 1.82) is 0 Å². The monoisotopic (exact) mass is 325 g/mol. The average molecular weight is 326 g/mol. The topological polar surface area (TPSA) is 63.7 Å². The molecular formula is C11H10ClF2NO4S. The average Bonchev–Trinajstić information content (AvgIpc) is 2.80. The van der Waals surface area contributed by atoms with Crippen LogP contribution in [0.15, 0.2) is 29.2 Å². The van der Waals surface area contributed by atoms with Crippen LogP contribution in [0.1, 0.15) is 0 Å². The minimum absolute atomic E-state index is 0.139. The van der Waals surface area contributed by atoms with Crippen LogP contribution in [-0.2, 0) is 14.6 Å². The van der Waals surface area contributed by atoms with E-state index >= 15 is 0 Å². The second-order valence-corrected chi connectivity index (χ2v) is 6.30. The molecule has 2 rings (SSSR count). The van der Waals surface area contributed by atoms with Gasteiger partial charge in [0.2, 0.25) is 9.84 Å². The molecule has 0 N–H and O–H groups in total. The first-order valence-corrected chi connectivity index (χ1v) is 7.60. The van der Waals surface area contributed by atoms with Gasteiger partial charge in [-0.25, -0.2) is 13.2 Å². The zero-order chi connectivity index (χ0) is 14.9. The maximum absolute atomic E-state index is 12.4. The summed E-state index contributed by atoms with van der Waals surface area (Å²) in [6, 6.07) is 4.59. The molecule has 0 spiro atoms. The number of benzene rings is 1. The molecule has 1 aliphatic heterocycles. The van der Waals surface area contributed by atoms with Gasteiger partial charge in [-0.15, -0.1) is 11.6 Å². The first kappa shape index (κ1) is 15.0. The van der Waals surface area contributed by atoms with Crippen molar-refractivity contribution in [2.24, 2.45) is 0 Å². The molecule has 1 heterocycles. The van der Waals surface area contributed by atoms with Gasteiger partial charge < -0.3 is 4.74 Å². The zero-order valence-electron chi connectivity index (χ0n) is 10.0. The standard InChI is InChI=1S/C11H10ClF2NO4S/c12-5-8-6-15(11(16)19-8)7-1-3-9(4-2-7)20(17,18)10(13)14/h1-4,8,10H,5-6H2. The molecule has 0 radical (unpaired) electrons. The van der Waals surface area contributed by atoms with Gasteiger partial charge >= 0.3 is 11.9 Å². The zero-order valence-corrected chi connectivity index (χ0v) is 11.6. The van der Waals surface area contributed by atoms with Crippen molar-refractivity contribution in [3.63, 3.8) is 0 Å². The van der Waals surface area contributed by atoms with Crippen LogP contribution in [0, 0.1) is 0 Å². The van der Waals surface area contributed by atoms with Gasteiger partial charge in [0.05, 0.1) is 17.3 Å². The van der Waals surface area contributed by atoms with Crippen LogP contribution in [0.3, 0.4) is 0 Å². The van der Waals surface area contributed by atoms with Crippen molar-refractivity contribution >= 4 is 33.2 Å². The number of hydrogen-bond acceptors (Lipinski definition) is 4. The van der Waals surface area contributed by atoms with Crippen molar-refractivity contribution in [2.45, 2.75) is 16.8 Å². The first-order valence-electron chi connectivity index (χ1n) is 5.52. The van der Waals surface area contributed by atoms with E-state index in [9.17, 15) is 22.0 Å². The largest absolute Gasteiger partial charge is 0.443 e.